The van der Waals surface area contributed by atoms with Crippen LogP contribution in [0.4, 0.5) is 0 Å². The molecule has 0 amide bonds. The Morgan fingerprint density at radius 3 is 3.40 bits per heavy atom. The molecule has 1 aromatic rings. The van der Waals surface area contributed by atoms with Crippen molar-refractivity contribution in [2.24, 2.45) is 0 Å². The maximum Gasteiger partial charge on any atom is 0.343 e. The molecular formula is C5H7N3OS. The fourth-order valence-electron chi connectivity index (χ4n) is 1.01. The largest absolute Gasteiger partial charge is 0.343 e. The van der Waals surface area contributed by atoms with Gasteiger partial charge in [0, 0.05) is 12.3 Å². The lowest BCUT2D eigenvalue weighted by molar-refractivity contribution is 0.694. The van der Waals surface area contributed by atoms with Gasteiger partial charge in [0.25, 0.3) is 0 Å². The van der Waals surface area contributed by atoms with E-state index in [0.717, 1.165) is 23.9 Å². The standard InChI is InChI=1S/C5H7N3OS/c9-5-7-6-4-3-10-2-1-8(4)5/h1-3H2,(H,7,9). The van der Waals surface area contributed by atoms with E-state index in [0.29, 0.717) is 0 Å². The number of fused-ring (bicyclic) bond motifs is 1. The van der Waals surface area contributed by atoms with Crippen molar-refractivity contribution in [3.8, 4) is 0 Å². The van der Waals surface area contributed by atoms with Crippen LogP contribution in [0.3, 0.4) is 0 Å². The summed E-state index contributed by atoms with van der Waals surface area (Å²) >= 11 is 1.81. The van der Waals surface area contributed by atoms with Gasteiger partial charge in [-0.05, 0) is 0 Å². The van der Waals surface area contributed by atoms with Gasteiger partial charge in [-0.25, -0.2) is 9.89 Å². The van der Waals surface area contributed by atoms with Crippen LogP contribution in [0.2, 0.25) is 0 Å². The monoisotopic (exact) mass is 157 g/mol. The molecule has 0 saturated carbocycles. The third-order valence-corrected chi connectivity index (χ3v) is 2.46. The number of aromatic nitrogens is 3. The highest BCUT2D eigenvalue weighted by atomic mass is 32.2. The van der Waals surface area contributed by atoms with Gasteiger partial charge in [0.05, 0.1) is 5.75 Å². The number of H-pyrrole nitrogens is 1. The highest BCUT2D eigenvalue weighted by Crippen LogP contribution is 2.13. The van der Waals surface area contributed by atoms with Crippen molar-refractivity contribution in [1.82, 2.24) is 14.8 Å². The molecular weight excluding hydrogens is 150 g/mol. The Balaban J connectivity index is 2.55. The molecule has 0 unspecified atom stereocenters. The first kappa shape index (κ1) is 6.03. The van der Waals surface area contributed by atoms with Crippen molar-refractivity contribution in [3.63, 3.8) is 0 Å². The van der Waals surface area contributed by atoms with Gasteiger partial charge in [-0.1, -0.05) is 0 Å². The van der Waals surface area contributed by atoms with Crippen molar-refractivity contribution in [2.75, 3.05) is 5.75 Å². The minimum atomic E-state index is -0.0738. The predicted molar refractivity (Wildman–Crippen MR) is 39.0 cm³/mol. The molecule has 2 rings (SSSR count). The number of rotatable bonds is 0. The summed E-state index contributed by atoms with van der Waals surface area (Å²) < 4.78 is 1.69. The van der Waals surface area contributed by atoms with Gasteiger partial charge in [-0.2, -0.15) is 16.9 Å². The Morgan fingerprint density at radius 1 is 1.70 bits per heavy atom. The highest BCUT2D eigenvalue weighted by Gasteiger charge is 2.11. The molecule has 1 aliphatic rings. The number of hydrogen-bond acceptors (Lipinski definition) is 3. The molecule has 1 N–H and O–H groups in total. The smallest absolute Gasteiger partial charge is 0.278 e. The molecule has 5 heteroatoms. The second-order valence-electron chi connectivity index (χ2n) is 2.15. The zero-order chi connectivity index (χ0) is 6.97. The van der Waals surface area contributed by atoms with Crippen LogP contribution in [-0.4, -0.2) is 20.5 Å². The maximum absolute atomic E-state index is 10.9. The minimum absolute atomic E-state index is 0.0738. The van der Waals surface area contributed by atoms with Crippen LogP contribution in [0.1, 0.15) is 5.82 Å². The third-order valence-electron chi connectivity index (χ3n) is 1.53. The topological polar surface area (TPSA) is 50.7 Å². The molecule has 1 aliphatic heterocycles. The van der Waals surface area contributed by atoms with Crippen LogP contribution in [0.25, 0.3) is 0 Å². The zero-order valence-corrected chi connectivity index (χ0v) is 6.15. The molecule has 0 aliphatic carbocycles. The normalized spacial score (nSPS) is 16.8. The summed E-state index contributed by atoms with van der Waals surface area (Å²) in [6, 6.07) is 0. The number of nitrogens with zero attached hydrogens (tertiary/aromatic N) is 2. The van der Waals surface area contributed by atoms with Crippen LogP contribution in [0.15, 0.2) is 4.79 Å². The minimum Gasteiger partial charge on any atom is -0.278 e. The van der Waals surface area contributed by atoms with Crippen molar-refractivity contribution in [1.29, 1.82) is 0 Å². The number of hydrogen-bond donors (Lipinski definition) is 1. The third kappa shape index (κ3) is 0.775. The van der Waals surface area contributed by atoms with Gasteiger partial charge < -0.3 is 0 Å². The molecule has 0 radical (unpaired) electrons. The van der Waals surface area contributed by atoms with E-state index in [4.69, 9.17) is 0 Å². The lowest BCUT2D eigenvalue weighted by Crippen LogP contribution is -2.22. The number of aromatic amines is 1. The van der Waals surface area contributed by atoms with E-state index < -0.39 is 0 Å². The van der Waals surface area contributed by atoms with Crippen molar-refractivity contribution in [2.45, 2.75) is 12.3 Å². The Bertz CT molecular complexity index is 289. The Hall–Kier alpha value is -0.710. The molecule has 0 saturated heterocycles. The highest BCUT2D eigenvalue weighted by molar-refractivity contribution is 7.98. The summed E-state index contributed by atoms with van der Waals surface area (Å²) in [4.78, 5) is 10.9. The molecule has 4 nitrogen and oxygen atoms in total. The average Bonchev–Trinajstić information content (AvgIpc) is 2.34. The van der Waals surface area contributed by atoms with Gasteiger partial charge in [0.1, 0.15) is 5.82 Å². The van der Waals surface area contributed by atoms with E-state index in [-0.39, 0.29) is 5.69 Å². The van der Waals surface area contributed by atoms with Crippen molar-refractivity contribution in [3.05, 3.63) is 16.3 Å². The van der Waals surface area contributed by atoms with E-state index in [1.165, 1.54) is 0 Å². The van der Waals surface area contributed by atoms with Crippen molar-refractivity contribution < 1.29 is 0 Å². The summed E-state index contributed by atoms with van der Waals surface area (Å²) in [6.45, 7) is 0.801. The van der Waals surface area contributed by atoms with E-state index in [2.05, 4.69) is 10.2 Å². The number of thioether (sulfide) groups is 1. The quantitative estimate of drug-likeness (QED) is 0.568. The zero-order valence-electron chi connectivity index (χ0n) is 5.33. The van der Waals surface area contributed by atoms with Gasteiger partial charge in [0.15, 0.2) is 0 Å². The second kappa shape index (κ2) is 2.16. The first-order chi connectivity index (χ1) is 4.88. The molecule has 2 heterocycles. The van der Waals surface area contributed by atoms with Crippen LogP contribution < -0.4 is 5.69 Å². The van der Waals surface area contributed by atoms with Gasteiger partial charge in [0.2, 0.25) is 0 Å². The lowest BCUT2D eigenvalue weighted by Gasteiger charge is -2.09. The predicted octanol–water partition coefficient (Wildman–Crippen LogP) is -0.182. The van der Waals surface area contributed by atoms with Gasteiger partial charge >= 0.3 is 5.69 Å². The lowest BCUT2D eigenvalue weighted by atomic mass is 10.6. The molecule has 10 heavy (non-hydrogen) atoms. The second-order valence-corrected chi connectivity index (χ2v) is 3.25. The fourth-order valence-corrected chi connectivity index (χ4v) is 1.87. The maximum atomic E-state index is 10.9. The van der Waals surface area contributed by atoms with E-state index in [1.807, 2.05) is 11.8 Å². The molecule has 0 fully saturated rings. The van der Waals surface area contributed by atoms with Crippen LogP contribution in [0.5, 0.6) is 0 Å². The van der Waals surface area contributed by atoms with Gasteiger partial charge in [-0.3, -0.25) is 4.57 Å². The van der Waals surface area contributed by atoms with Crippen LogP contribution in [-0.2, 0) is 12.3 Å². The average molecular weight is 157 g/mol. The van der Waals surface area contributed by atoms with E-state index in [1.54, 1.807) is 4.57 Å². The molecule has 0 bridgehead atoms. The van der Waals surface area contributed by atoms with Gasteiger partial charge in [-0.15, -0.1) is 0 Å². The van der Waals surface area contributed by atoms with Crippen LogP contribution >= 0.6 is 11.8 Å². The summed E-state index contributed by atoms with van der Waals surface area (Å²) in [5.74, 6) is 2.76. The fraction of sp³-hybridized carbons (Fsp3) is 0.600. The molecule has 0 atom stereocenters. The summed E-state index contributed by atoms with van der Waals surface area (Å²) in [6.07, 6.45) is 0. The number of nitrogens with one attached hydrogen (secondary N) is 1. The summed E-state index contributed by atoms with van der Waals surface area (Å²) in [5.41, 5.74) is -0.0738. The van der Waals surface area contributed by atoms with Crippen molar-refractivity contribution >= 4 is 11.8 Å². The summed E-state index contributed by atoms with van der Waals surface area (Å²) in [5, 5.41) is 6.28. The molecule has 1 aromatic heterocycles. The van der Waals surface area contributed by atoms with E-state index in [9.17, 15) is 4.79 Å². The molecule has 54 valence electrons. The summed E-state index contributed by atoms with van der Waals surface area (Å²) in [7, 11) is 0. The molecule has 0 spiro atoms. The van der Waals surface area contributed by atoms with E-state index >= 15 is 0 Å². The SMILES string of the molecule is O=c1[nH]nc2n1CCSC2. The van der Waals surface area contributed by atoms with Crippen LogP contribution in [0, 0.1) is 0 Å². The Labute approximate surface area is 61.6 Å². The Kier molecular flexibility index (Phi) is 1.30. The first-order valence-electron chi connectivity index (χ1n) is 3.10. The first-order valence-corrected chi connectivity index (χ1v) is 4.25. The Morgan fingerprint density at radius 2 is 2.60 bits per heavy atom. The molecule has 0 aromatic carbocycles.